The van der Waals surface area contributed by atoms with E-state index in [1.807, 2.05) is 13.8 Å². The molecular weight excluding hydrogens is 387 g/mol. The van der Waals surface area contributed by atoms with E-state index < -0.39 is 19.3 Å². The lowest BCUT2D eigenvalue weighted by Gasteiger charge is -2.30. The summed E-state index contributed by atoms with van der Waals surface area (Å²) in [4.78, 5) is 34.4. The summed E-state index contributed by atoms with van der Waals surface area (Å²) in [5.41, 5.74) is 2.03. The summed E-state index contributed by atoms with van der Waals surface area (Å²) in [6.07, 6.45) is 2.69. The average Bonchev–Trinajstić information content (AvgIpc) is 3.40. The molecule has 1 saturated heterocycles. The van der Waals surface area contributed by atoms with Crippen LogP contribution in [0, 0.1) is 5.92 Å². The molecule has 1 aliphatic heterocycles. The number of aromatic nitrogens is 2. The third-order valence-electron chi connectivity index (χ3n) is 5.36. The smallest absolute Gasteiger partial charge is 0.453 e. The minimum absolute atomic E-state index is 0.0922. The van der Waals surface area contributed by atoms with Gasteiger partial charge in [0.15, 0.2) is 0 Å². The van der Waals surface area contributed by atoms with Crippen LogP contribution in [0.2, 0.25) is 0 Å². The zero-order valence-electron chi connectivity index (χ0n) is 17.3. The predicted octanol–water partition coefficient (Wildman–Crippen LogP) is 0.801. The fraction of sp³-hybridized carbons (Fsp3) is 0.450. The van der Waals surface area contributed by atoms with Gasteiger partial charge in [-0.2, -0.15) is 0 Å². The SMILES string of the molecule is COC(=O)NC(C(=O)N1CCCC1c1ncc(-c2ccc(B(O)O)cc2)[nH]1)C(C)C. The third kappa shape index (κ3) is 4.65. The number of amides is 2. The number of H-pyrrole nitrogens is 1. The van der Waals surface area contributed by atoms with Gasteiger partial charge < -0.3 is 30.0 Å². The van der Waals surface area contributed by atoms with Gasteiger partial charge in [-0.25, -0.2) is 9.78 Å². The van der Waals surface area contributed by atoms with E-state index in [0.29, 0.717) is 17.8 Å². The molecule has 2 atom stereocenters. The van der Waals surface area contributed by atoms with E-state index in [0.717, 1.165) is 24.1 Å². The van der Waals surface area contributed by atoms with E-state index in [9.17, 15) is 19.6 Å². The number of imidazole rings is 1. The van der Waals surface area contributed by atoms with E-state index in [2.05, 4.69) is 20.0 Å². The number of carbonyl (C=O) groups excluding carboxylic acids is 2. The molecular formula is C20H27BN4O5. The molecule has 1 aromatic carbocycles. The van der Waals surface area contributed by atoms with Crippen molar-refractivity contribution in [2.75, 3.05) is 13.7 Å². The molecule has 4 N–H and O–H groups in total. The maximum Gasteiger partial charge on any atom is 0.488 e. The zero-order chi connectivity index (χ0) is 21.8. The van der Waals surface area contributed by atoms with Crippen LogP contribution >= 0.6 is 0 Å². The van der Waals surface area contributed by atoms with E-state index in [1.54, 1.807) is 35.4 Å². The second-order valence-corrected chi connectivity index (χ2v) is 7.73. The summed E-state index contributed by atoms with van der Waals surface area (Å²) in [5.74, 6) is 0.435. The molecule has 10 heteroatoms. The fourth-order valence-electron chi connectivity index (χ4n) is 3.68. The Labute approximate surface area is 175 Å². The Morgan fingerprint density at radius 2 is 2.00 bits per heavy atom. The molecule has 1 aromatic heterocycles. The first-order valence-electron chi connectivity index (χ1n) is 9.98. The van der Waals surface area contributed by atoms with Crippen LogP contribution in [0.1, 0.15) is 38.6 Å². The van der Waals surface area contributed by atoms with Crippen molar-refractivity contribution < 1.29 is 24.4 Å². The minimum atomic E-state index is -1.51. The quantitative estimate of drug-likeness (QED) is 0.518. The number of hydrogen-bond donors (Lipinski definition) is 4. The van der Waals surface area contributed by atoms with E-state index >= 15 is 0 Å². The summed E-state index contributed by atoms with van der Waals surface area (Å²) in [6, 6.07) is 5.95. The first-order chi connectivity index (χ1) is 14.3. The molecule has 9 nitrogen and oxygen atoms in total. The number of aromatic amines is 1. The lowest BCUT2D eigenvalue weighted by atomic mass is 9.80. The standard InChI is InChI=1S/C20H27BN4O5/c1-12(2)17(24-20(27)30-3)19(26)25-10-4-5-16(25)18-22-11-15(23-18)13-6-8-14(9-7-13)21(28)29/h6-9,11-12,16-17,28-29H,4-5,10H2,1-3H3,(H,22,23)(H,24,27). The Morgan fingerprint density at radius 3 is 2.60 bits per heavy atom. The van der Waals surface area contributed by atoms with Gasteiger partial charge in [-0.1, -0.05) is 38.1 Å². The molecule has 0 radical (unpaired) electrons. The van der Waals surface area contributed by atoms with Crippen LogP contribution in [0.3, 0.4) is 0 Å². The Balaban J connectivity index is 1.78. The number of carbonyl (C=O) groups is 2. The highest BCUT2D eigenvalue weighted by Gasteiger charge is 2.37. The number of alkyl carbamates (subject to hydrolysis) is 1. The molecule has 2 amide bonds. The minimum Gasteiger partial charge on any atom is -0.453 e. The average molecular weight is 414 g/mol. The fourth-order valence-corrected chi connectivity index (χ4v) is 3.68. The number of nitrogens with zero attached hydrogens (tertiary/aromatic N) is 2. The van der Waals surface area contributed by atoms with Gasteiger partial charge in [0, 0.05) is 6.54 Å². The zero-order valence-corrected chi connectivity index (χ0v) is 17.3. The van der Waals surface area contributed by atoms with Crippen LogP contribution in [-0.4, -0.2) is 63.7 Å². The van der Waals surface area contributed by atoms with Gasteiger partial charge in [-0.05, 0) is 29.8 Å². The van der Waals surface area contributed by atoms with Crippen molar-refractivity contribution in [2.45, 2.75) is 38.8 Å². The van der Waals surface area contributed by atoms with Gasteiger partial charge in [0.2, 0.25) is 5.91 Å². The highest BCUT2D eigenvalue weighted by atomic mass is 16.5. The number of hydrogen-bond acceptors (Lipinski definition) is 6. The lowest BCUT2D eigenvalue weighted by molar-refractivity contribution is -0.135. The summed E-state index contributed by atoms with van der Waals surface area (Å²) >= 11 is 0. The van der Waals surface area contributed by atoms with E-state index in [4.69, 9.17) is 0 Å². The number of likely N-dealkylation sites (tertiary alicyclic amines) is 1. The number of ether oxygens (including phenoxy) is 1. The molecule has 1 aliphatic rings. The Kier molecular flexibility index (Phi) is 6.78. The molecule has 2 unspecified atom stereocenters. The molecule has 0 saturated carbocycles. The molecule has 3 rings (SSSR count). The summed E-state index contributed by atoms with van der Waals surface area (Å²) in [6.45, 7) is 4.35. The van der Waals surface area contributed by atoms with Gasteiger partial charge in [0.25, 0.3) is 0 Å². The topological polar surface area (TPSA) is 128 Å². The highest BCUT2D eigenvalue weighted by molar-refractivity contribution is 6.58. The van der Waals surface area contributed by atoms with Crippen LogP contribution in [-0.2, 0) is 9.53 Å². The maximum atomic E-state index is 13.2. The van der Waals surface area contributed by atoms with Gasteiger partial charge in [0.05, 0.1) is 25.0 Å². The van der Waals surface area contributed by atoms with Crippen molar-refractivity contribution >= 4 is 24.6 Å². The molecule has 0 aliphatic carbocycles. The largest absolute Gasteiger partial charge is 0.488 e. The van der Waals surface area contributed by atoms with Crippen molar-refractivity contribution in [3.63, 3.8) is 0 Å². The highest BCUT2D eigenvalue weighted by Crippen LogP contribution is 2.32. The van der Waals surface area contributed by atoms with Gasteiger partial charge >= 0.3 is 13.2 Å². The van der Waals surface area contributed by atoms with E-state index in [-0.39, 0.29) is 17.9 Å². The number of benzene rings is 1. The molecule has 30 heavy (non-hydrogen) atoms. The van der Waals surface area contributed by atoms with Crippen molar-refractivity contribution in [2.24, 2.45) is 5.92 Å². The summed E-state index contributed by atoms with van der Waals surface area (Å²) in [7, 11) is -0.240. The Morgan fingerprint density at radius 1 is 1.30 bits per heavy atom. The monoisotopic (exact) mass is 414 g/mol. The normalized spacial score (nSPS) is 17.1. The molecule has 2 aromatic rings. The number of methoxy groups -OCH3 is 1. The number of rotatable bonds is 6. The first-order valence-corrected chi connectivity index (χ1v) is 9.98. The van der Waals surface area contributed by atoms with Crippen LogP contribution in [0.15, 0.2) is 30.5 Å². The molecule has 160 valence electrons. The van der Waals surface area contributed by atoms with Crippen molar-refractivity contribution in [1.29, 1.82) is 0 Å². The summed E-state index contributed by atoms with van der Waals surface area (Å²) in [5, 5.41) is 21.1. The predicted molar refractivity (Wildman–Crippen MR) is 112 cm³/mol. The third-order valence-corrected chi connectivity index (χ3v) is 5.36. The molecule has 0 bridgehead atoms. The first kappa shape index (κ1) is 21.9. The van der Waals surface area contributed by atoms with E-state index in [1.165, 1.54) is 7.11 Å². The van der Waals surface area contributed by atoms with Crippen LogP contribution < -0.4 is 10.8 Å². The summed E-state index contributed by atoms with van der Waals surface area (Å²) < 4.78 is 4.66. The Hall–Kier alpha value is -2.85. The van der Waals surface area contributed by atoms with Crippen molar-refractivity contribution in [3.8, 4) is 11.3 Å². The lowest BCUT2D eigenvalue weighted by Crippen LogP contribution is -2.51. The molecule has 2 heterocycles. The Bertz CT molecular complexity index is 884. The van der Waals surface area contributed by atoms with Gasteiger partial charge in [-0.15, -0.1) is 0 Å². The number of nitrogens with one attached hydrogen (secondary N) is 2. The van der Waals surface area contributed by atoms with Crippen molar-refractivity contribution in [3.05, 3.63) is 36.3 Å². The van der Waals surface area contributed by atoms with Crippen LogP contribution in [0.4, 0.5) is 4.79 Å². The van der Waals surface area contributed by atoms with Crippen molar-refractivity contribution in [1.82, 2.24) is 20.2 Å². The molecule has 0 spiro atoms. The molecule has 1 fully saturated rings. The second-order valence-electron chi connectivity index (χ2n) is 7.73. The van der Waals surface area contributed by atoms with Crippen LogP contribution in [0.25, 0.3) is 11.3 Å². The maximum absolute atomic E-state index is 13.2. The van der Waals surface area contributed by atoms with Gasteiger partial charge in [-0.3, -0.25) is 4.79 Å². The second kappa shape index (κ2) is 9.31. The van der Waals surface area contributed by atoms with Gasteiger partial charge in [0.1, 0.15) is 11.9 Å². The van der Waals surface area contributed by atoms with Crippen LogP contribution in [0.5, 0.6) is 0 Å².